The van der Waals surface area contributed by atoms with Gasteiger partial charge in [0.1, 0.15) is 5.25 Å². The number of rotatable bonds is 16. The van der Waals surface area contributed by atoms with Crippen molar-refractivity contribution in [3.8, 4) is 0 Å². The monoisotopic (exact) mass is 712 g/mol. The first kappa shape index (κ1) is 44.0. The van der Waals surface area contributed by atoms with Crippen LogP contribution in [0.2, 0.25) is 0 Å². The van der Waals surface area contributed by atoms with Crippen LogP contribution in [0.15, 0.2) is 0 Å². The second kappa shape index (κ2) is 15.0. The Bertz CT molecular complexity index is 927. The SMILES string of the molecule is O=C(CC(SOO[O-])C(=O)OCCC(F)(F)C(F)(F)C(F)(F)C(F)(F)F)OCCC(F)(F)C(F)(F)C(F)(F)C(F)(F)F.[Na+]. The van der Waals surface area contributed by atoms with Gasteiger partial charge in [0.15, 0.2) is 0 Å². The zero-order valence-electron chi connectivity index (χ0n) is 20.2. The predicted octanol–water partition coefficient (Wildman–Crippen LogP) is 2.42. The minimum absolute atomic E-state index is 0. The summed E-state index contributed by atoms with van der Waals surface area (Å²) in [7, 11) is 0. The van der Waals surface area contributed by atoms with Crippen LogP contribution in [0.25, 0.3) is 0 Å². The van der Waals surface area contributed by atoms with E-state index in [4.69, 9.17) is 0 Å². The van der Waals surface area contributed by atoms with Gasteiger partial charge in [0, 0.05) is 12.0 Å². The first-order valence-corrected chi connectivity index (χ1v) is 10.6. The largest absolute Gasteiger partial charge is 1.00 e. The topological polar surface area (TPSA) is 94.1 Å². The summed E-state index contributed by atoms with van der Waals surface area (Å²) in [4.78, 5) is 23.4. The summed E-state index contributed by atoms with van der Waals surface area (Å²) in [6, 6.07) is 0. The molecular formula is C16H11F18NaO7S. The van der Waals surface area contributed by atoms with Crippen LogP contribution < -0.4 is 34.8 Å². The van der Waals surface area contributed by atoms with Gasteiger partial charge < -0.3 is 14.7 Å². The summed E-state index contributed by atoms with van der Waals surface area (Å²) >= 11 is -0.628. The number of halogens is 18. The molecule has 7 nitrogen and oxygen atoms in total. The summed E-state index contributed by atoms with van der Waals surface area (Å²) in [6.45, 7) is -4.16. The van der Waals surface area contributed by atoms with E-state index in [1.807, 2.05) is 0 Å². The molecule has 0 amide bonds. The van der Waals surface area contributed by atoms with Crippen molar-refractivity contribution >= 4 is 24.0 Å². The molecule has 1 unspecified atom stereocenters. The van der Waals surface area contributed by atoms with Crippen LogP contribution in [0.1, 0.15) is 19.3 Å². The maximum Gasteiger partial charge on any atom is 1.00 e. The van der Waals surface area contributed by atoms with Crippen LogP contribution >= 0.6 is 12.0 Å². The van der Waals surface area contributed by atoms with Crippen molar-refractivity contribution in [2.75, 3.05) is 13.2 Å². The molecule has 43 heavy (non-hydrogen) atoms. The minimum Gasteiger partial charge on any atom is -0.691 e. The predicted molar refractivity (Wildman–Crippen MR) is 91.1 cm³/mol. The Hall–Kier alpha value is -1.09. The molecule has 0 spiro atoms. The summed E-state index contributed by atoms with van der Waals surface area (Å²) < 4.78 is 241. The van der Waals surface area contributed by atoms with E-state index in [9.17, 15) is 93.9 Å². The number of ether oxygens (including phenoxy) is 2. The van der Waals surface area contributed by atoms with Crippen LogP contribution in [-0.2, 0) is 28.4 Å². The second-order valence-corrected chi connectivity index (χ2v) is 8.41. The zero-order chi connectivity index (χ0) is 33.8. The Balaban J connectivity index is 0. The van der Waals surface area contributed by atoms with Crippen LogP contribution in [-0.4, -0.2) is 78.3 Å². The average molecular weight is 712 g/mol. The molecule has 0 rings (SSSR count). The van der Waals surface area contributed by atoms with E-state index in [0.717, 1.165) is 0 Å². The molecule has 0 aromatic heterocycles. The molecule has 0 saturated heterocycles. The van der Waals surface area contributed by atoms with Crippen LogP contribution in [0, 0.1) is 0 Å². The van der Waals surface area contributed by atoms with Gasteiger partial charge in [-0.2, -0.15) is 83.4 Å². The van der Waals surface area contributed by atoms with Crippen molar-refractivity contribution < 1.29 is 142 Å². The smallest absolute Gasteiger partial charge is 0.691 e. The molecular weight excluding hydrogens is 701 g/mol. The molecule has 0 radical (unpaired) electrons. The average Bonchev–Trinajstić information content (AvgIpc) is 2.79. The Kier molecular flexibility index (Phi) is 15.4. The fraction of sp³-hybridized carbons (Fsp3) is 0.875. The zero-order valence-corrected chi connectivity index (χ0v) is 23.0. The Labute approximate surface area is 251 Å². The van der Waals surface area contributed by atoms with Gasteiger partial charge in [0.25, 0.3) is 0 Å². The first-order chi connectivity index (χ1) is 18.4. The van der Waals surface area contributed by atoms with Gasteiger partial charge in [0.2, 0.25) is 0 Å². The molecule has 0 heterocycles. The molecule has 0 aromatic rings. The normalized spacial score (nSPS) is 15.0. The van der Waals surface area contributed by atoms with Gasteiger partial charge in [-0.15, -0.1) is 0 Å². The van der Waals surface area contributed by atoms with Gasteiger partial charge in [-0.3, -0.25) is 14.6 Å². The van der Waals surface area contributed by atoms with E-state index in [1.54, 1.807) is 0 Å². The van der Waals surface area contributed by atoms with Crippen LogP contribution in [0.3, 0.4) is 0 Å². The van der Waals surface area contributed by atoms with E-state index >= 15 is 0 Å². The number of alkyl halides is 18. The molecule has 0 aliphatic carbocycles. The number of hydrogen-bond donors (Lipinski definition) is 0. The third-order valence-corrected chi connectivity index (χ3v) is 5.28. The minimum atomic E-state index is -7.29. The molecule has 1 atom stereocenters. The molecule has 0 N–H and O–H groups in total. The molecule has 0 aliphatic heterocycles. The van der Waals surface area contributed by atoms with Crippen molar-refractivity contribution in [1.82, 2.24) is 0 Å². The molecule has 27 heteroatoms. The third kappa shape index (κ3) is 9.95. The molecule has 0 aromatic carbocycles. The standard InChI is InChI=1S/C16H12F18O7S.Na/c17-9(18,11(21,22)13(25,26)15(29,30)31)1-3-38-7(35)5-6(42-41-40-37)8(36)39-4-2-10(19,20)12(23,24)14(27,28)16(32,33)34;/h6,37H,1-5H2;/q;+1/p-1. The van der Waals surface area contributed by atoms with Gasteiger partial charge in [0.05, 0.1) is 32.5 Å². The quantitative estimate of drug-likeness (QED) is 0.0603. The van der Waals surface area contributed by atoms with Crippen LogP contribution in [0.4, 0.5) is 79.0 Å². The third-order valence-electron chi connectivity index (χ3n) is 4.56. The molecule has 0 bridgehead atoms. The Morgan fingerprint density at radius 1 is 0.605 bits per heavy atom. The van der Waals surface area contributed by atoms with E-state index in [2.05, 4.69) is 18.8 Å². The maximum atomic E-state index is 13.4. The van der Waals surface area contributed by atoms with E-state index in [0.29, 0.717) is 0 Å². The summed E-state index contributed by atoms with van der Waals surface area (Å²) in [6.07, 6.45) is -21.4. The first-order valence-electron chi connectivity index (χ1n) is 9.79. The molecule has 250 valence electrons. The summed E-state index contributed by atoms with van der Waals surface area (Å²) in [5.41, 5.74) is 0. The van der Waals surface area contributed by atoms with Crippen molar-refractivity contribution in [3.05, 3.63) is 0 Å². The summed E-state index contributed by atoms with van der Waals surface area (Å²) in [5.74, 6) is -45.4. The molecule has 0 saturated carbocycles. The number of hydrogen-bond acceptors (Lipinski definition) is 8. The van der Waals surface area contributed by atoms with Crippen LogP contribution in [0.5, 0.6) is 0 Å². The Morgan fingerprint density at radius 3 is 1.28 bits per heavy atom. The fourth-order valence-electron chi connectivity index (χ4n) is 2.23. The van der Waals surface area contributed by atoms with Gasteiger partial charge in [-0.25, -0.2) is 0 Å². The molecule has 0 fully saturated rings. The molecule has 0 aliphatic rings. The van der Waals surface area contributed by atoms with Gasteiger partial charge in [-0.05, 0) is 0 Å². The van der Waals surface area contributed by atoms with Gasteiger partial charge >= 0.3 is 89.4 Å². The van der Waals surface area contributed by atoms with Crippen molar-refractivity contribution in [2.24, 2.45) is 0 Å². The fourth-order valence-corrected chi connectivity index (χ4v) is 2.70. The number of carbonyl (C=O) groups excluding carboxylic acids is 2. The van der Waals surface area contributed by atoms with E-state index in [1.165, 1.54) is 0 Å². The van der Waals surface area contributed by atoms with Gasteiger partial charge in [-0.1, -0.05) is 0 Å². The van der Waals surface area contributed by atoms with E-state index < -0.39 is 110 Å². The summed E-state index contributed by atoms with van der Waals surface area (Å²) in [5, 5.41) is 10.1. The van der Waals surface area contributed by atoms with Crippen molar-refractivity contribution in [1.29, 1.82) is 0 Å². The second-order valence-electron chi connectivity index (χ2n) is 7.52. The number of carbonyl (C=O) groups is 2. The van der Waals surface area contributed by atoms with Crippen molar-refractivity contribution in [2.45, 2.75) is 72.4 Å². The van der Waals surface area contributed by atoms with E-state index in [-0.39, 0.29) is 29.6 Å². The number of esters is 2. The van der Waals surface area contributed by atoms with Crippen molar-refractivity contribution in [3.63, 3.8) is 0 Å². The maximum absolute atomic E-state index is 13.4. The Morgan fingerprint density at radius 2 is 0.953 bits per heavy atom.